The quantitative estimate of drug-likeness (QED) is 0.579. The number of carboxylic acid groups (broad SMARTS) is 1. The van der Waals surface area contributed by atoms with Crippen molar-refractivity contribution in [3.63, 3.8) is 0 Å². The third-order valence-electron chi connectivity index (χ3n) is 2.10. The normalized spacial score (nSPS) is 9.31. The van der Waals surface area contributed by atoms with Crippen LogP contribution in [0.5, 0.6) is 0 Å². The van der Waals surface area contributed by atoms with E-state index >= 15 is 0 Å². The molecule has 0 spiro atoms. The molecule has 3 heteroatoms. The highest BCUT2D eigenvalue weighted by atomic mass is 16.4. The van der Waals surface area contributed by atoms with Crippen LogP contribution in [0.4, 0.5) is 0 Å². The highest BCUT2D eigenvalue weighted by Crippen LogP contribution is 2.04. The summed E-state index contributed by atoms with van der Waals surface area (Å²) >= 11 is 0. The molecule has 0 heterocycles. The van der Waals surface area contributed by atoms with Gasteiger partial charge in [0.1, 0.15) is 0 Å². The molecule has 1 aromatic carbocycles. The van der Waals surface area contributed by atoms with Crippen LogP contribution >= 0.6 is 0 Å². The van der Waals surface area contributed by atoms with E-state index in [1.807, 2.05) is 31.2 Å². The van der Waals surface area contributed by atoms with Crippen LogP contribution in [-0.4, -0.2) is 17.6 Å². The monoisotopic (exact) mass is 217 g/mol. The van der Waals surface area contributed by atoms with E-state index in [1.165, 1.54) is 0 Å². The Hall–Kier alpha value is -1.79. The molecule has 0 saturated heterocycles. The van der Waals surface area contributed by atoms with E-state index in [-0.39, 0.29) is 6.42 Å². The van der Waals surface area contributed by atoms with Crippen molar-refractivity contribution in [2.75, 3.05) is 6.54 Å². The van der Waals surface area contributed by atoms with Crippen molar-refractivity contribution in [1.82, 2.24) is 5.32 Å². The summed E-state index contributed by atoms with van der Waals surface area (Å²) in [6.45, 7) is 3.23. The van der Waals surface area contributed by atoms with Crippen LogP contribution in [-0.2, 0) is 17.8 Å². The summed E-state index contributed by atoms with van der Waals surface area (Å²) in [5.74, 6) is 4.92. The summed E-state index contributed by atoms with van der Waals surface area (Å²) in [5.41, 5.74) is 1.96. The Kier molecular flexibility index (Phi) is 5.10. The minimum Gasteiger partial charge on any atom is -0.481 e. The number of rotatable bonds is 5. The zero-order chi connectivity index (χ0) is 11.8. The topological polar surface area (TPSA) is 49.3 Å². The number of aliphatic carboxylic acids is 1. The lowest BCUT2D eigenvalue weighted by atomic mass is 10.1. The number of carboxylic acids is 1. The Labute approximate surface area is 95.5 Å². The predicted octanol–water partition coefficient (Wildman–Crippen LogP) is 1.43. The van der Waals surface area contributed by atoms with Crippen molar-refractivity contribution in [2.24, 2.45) is 0 Å². The van der Waals surface area contributed by atoms with Crippen molar-refractivity contribution in [1.29, 1.82) is 0 Å². The lowest BCUT2D eigenvalue weighted by Crippen LogP contribution is -2.13. The zero-order valence-corrected chi connectivity index (χ0v) is 9.29. The Morgan fingerprint density at radius 2 is 1.94 bits per heavy atom. The summed E-state index contributed by atoms with van der Waals surface area (Å²) in [7, 11) is 0. The van der Waals surface area contributed by atoms with Crippen LogP contribution < -0.4 is 5.32 Å². The van der Waals surface area contributed by atoms with Gasteiger partial charge in [0.15, 0.2) is 0 Å². The van der Waals surface area contributed by atoms with E-state index in [0.717, 1.165) is 17.7 Å². The van der Waals surface area contributed by atoms with Crippen LogP contribution in [0.1, 0.15) is 18.1 Å². The van der Waals surface area contributed by atoms with E-state index in [9.17, 15) is 4.79 Å². The second-order valence-corrected chi connectivity index (χ2v) is 3.42. The van der Waals surface area contributed by atoms with E-state index in [2.05, 4.69) is 17.2 Å². The fourth-order valence-electron chi connectivity index (χ4n) is 1.31. The molecule has 0 unspecified atom stereocenters. The molecular weight excluding hydrogens is 202 g/mol. The Balaban J connectivity index is 2.43. The molecular formula is C13H15NO2. The van der Waals surface area contributed by atoms with Crippen molar-refractivity contribution in [3.8, 4) is 11.8 Å². The summed E-state index contributed by atoms with van der Waals surface area (Å²) < 4.78 is 0. The van der Waals surface area contributed by atoms with Crippen molar-refractivity contribution in [2.45, 2.75) is 19.9 Å². The van der Waals surface area contributed by atoms with Crippen molar-refractivity contribution >= 4 is 5.97 Å². The number of carbonyl (C=O) groups is 1. The molecule has 1 rings (SSSR count). The fraction of sp³-hybridized carbons (Fsp3) is 0.308. The first kappa shape index (κ1) is 12.3. The molecule has 84 valence electrons. The van der Waals surface area contributed by atoms with Crippen LogP contribution in [0.15, 0.2) is 24.3 Å². The predicted molar refractivity (Wildman–Crippen MR) is 62.9 cm³/mol. The molecule has 0 aliphatic rings. The van der Waals surface area contributed by atoms with E-state index < -0.39 is 5.97 Å². The summed E-state index contributed by atoms with van der Waals surface area (Å²) in [5, 5.41) is 11.8. The van der Waals surface area contributed by atoms with Gasteiger partial charge < -0.3 is 10.4 Å². The first-order valence-electron chi connectivity index (χ1n) is 5.12. The van der Waals surface area contributed by atoms with Crippen LogP contribution in [0.3, 0.4) is 0 Å². The highest BCUT2D eigenvalue weighted by Gasteiger charge is 1.99. The molecule has 16 heavy (non-hydrogen) atoms. The maximum absolute atomic E-state index is 10.5. The summed E-state index contributed by atoms with van der Waals surface area (Å²) in [4.78, 5) is 10.5. The molecule has 1 aromatic rings. The first-order valence-corrected chi connectivity index (χ1v) is 5.12. The number of hydrogen-bond acceptors (Lipinski definition) is 2. The van der Waals surface area contributed by atoms with Gasteiger partial charge in [-0.3, -0.25) is 4.79 Å². The minimum atomic E-state index is -0.802. The number of hydrogen-bond donors (Lipinski definition) is 2. The molecule has 0 amide bonds. The second kappa shape index (κ2) is 6.65. The largest absolute Gasteiger partial charge is 0.481 e. The van der Waals surface area contributed by atoms with Gasteiger partial charge in [0.2, 0.25) is 0 Å². The number of nitrogens with one attached hydrogen (secondary N) is 1. The van der Waals surface area contributed by atoms with Gasteiger partial charge in [0.25, 0.3) is 0 Å². The van der Waals surface area contributed by atoms with Gasteiger partial charge in [-0.2, -0.15) is 0 Å². The minimum absolute atomic E-state index is 0.0784. The Bertz CT molecular complexity index is 398. The first-order chi connectivity index (χ1) is 7.72. The van der Waals surface area contributed by atoms with Gasteiger partial charge in [-0.05, 0) is 18.1 Å². The third-order valence-corrected chi connectivity index (χ3v) is 2.10. The van der Waals surface area contributed by atoms with Gasteiger partial charge in [0.05, 0.1) is 13.0 Å². The zero-order valence-electron chi connectivity index (χ0n) is 9.29. The third kappa shape index (κ3) is 4.63. The molecule has 0 saturated carbocycles. The lowest BCUT2D eigenvalue weighted by molar-refractivity contribution is -0.136. The van der Waals surface area contributed by atoms with E-state index in [1.54, 1.807) is 0 Å². The lowest BCUT2D eigenvalue weighted by Gasteiger charge is -2.02. The fourth-order valence-corrected chi connectivity index (χ4v) is 1.31. The SMILES string of the molecule is CC#CCNCc1ccc(CC(=O)O)cc1. The van der Waals surface area contributed by atoms with Crippen molar-refractivity contribution in [3.05, 3.63) is 35.4 Å². The maximum atomic E-state index is 10.5. The smallest absolute Gasteiger partial charge is 0.307 e. The van der Waals surface area contributed by atoms with Crippen molar-refractivity contribution < 1.29 is 9.90 Å². The molecule has 0 fully saturated rings. The van der Waals surface area contributed by atoms with Gasteiger partial charge in [-0.1, -0.05) is 30.2 Å². The summed E-state index contributed by atoms with van der Waals surface area (Å²) in [6.07, 6.45) is 0.0784. The molecule has 3 nitrogen and oxygen atoms in total. The van der Waals surface area contributed by atoms with E-state index in [0.29, 0.717) is 6.54 Å². The highest BCUT2D eigenvalue weighted by molar-refractivity contribution is 5.70. The van der Waals surface area contributed by atoms with Gasteiger partial charge >= 0.3 is 5.97 Å². The second-order valence-electron chi connectivity index (χ2n) is 3.42. The van der Waals surface area contributed by atoms with Gasteiger partial charge in [-0.15, -0.1) is 5.92 Å². The number of benzene rings is 1. The maximum Gasteiger partial charge on any atom is 0.307 e. The molecule has 0 radical (unpaired) electrons. The molecule has 0 aliphatic carbocycles. The van der Waals surface area contributed by atoms with Crippen LogP contribution in [0.25, 0.3) is 0 Å². The standard InChI is InChI=1S/C13H15NO2/c1-2-3-8-14-10-12-6-4-11(5-7-12)9-13(15)16/h4-7,14H,8-10H2,1H3,(H,15,16). The van der Waals surface area contributed by atoms with Gasteiger partial charge in [-0.25, -0.2) is 0 Å². The molecule has 0 aromatic heterocycles. The van der Waals surface area contributed by atoms with E-state index in [4.69, 9.17) is 5.11 Å². The molecule has 0 aliphatic heterocycles. The summed E-state index contributed by atoms with van der Waals surface area (Å²) in [6, 6.07) is 7.56. The van der Waals surface area contributed by atoms with Gasteiger partial charge in [0, 0.05) is 6.54 Å². The van der Waals surface area contributed by atoms with Crippen LogP contribution in [0, 0.1) is 11.8 Å². The Morgan fingerprint density at radius 3 is 2.50 bits per heavy atom. The molecule has 0 atom stereocenters. The molecule has 0 bridgehead atoms. The average molecular weight is 217 g/mol. The molecule has 2 N–H and O–H groups in total. The average Bonchev–Trinajstić information content (AvgIpc) is 2.26. The Morgan fingerprint density at radius 1 is 1.31 bits per heavy atom. The van der Waals surface area contributed by atoms with Crippen LogP contribution in [0.2, 0.25) is 0 Å².